The van der Waals surface area contributed by atoms with E-state index in [1.165, 1.54) is 6.07 Å². The Kier molecular flexibility index (Phi) is 3.79. The molecule has 2 aromatic carbocycles. The Bertz CT molecular complexity index is 543. The number of methoxy groups -OCH3 is 1. The van der Waals surface area contributed by atoms with Gasteiger partial charge >= 0.3 is 0 Å². The number of hydrogen-bond donors (Lipinski definition) is 1. The van der Waals surface area contributed by atoms with Gasteiger partial charge in [0.15, 0.2) is 11.6 Å². The summed E-state index contributed by atoms with van der Waals surface area (Å²) < 4.78 is 24.3. The lowest BCUT2D eigenvalue weighted by atomic mass is 10.2. The lowest BCUT2D eigenvalue weighted by Crippen LogP contribution is -2.01. The molecule has 0 saturated carbocycles. The van der Waals surface area contributed by atoms with Crippen molar-refractivity contribution in [3.05, 3.63) is 53.8 Å². The molecule has 0 aromatic heterocycles. The zero-order valence-corrected chi connectivity index (χ0v) is 10.0. The summed E-state index contributed by atoms with van der Waals surface area (Å²) in [5.41, 5.74) is 6.18. The van der Waals surface area contributed by atoms with Crippen LogP contribution in [0.15, 0.2) is 42.5 Å². The highest BCUT2D eigenvalue weighted by Crippen LogP contribution is 2.29. The minimum atomic E-state index is -0.430. The van der Waals surface area contributed by atoms with Gasteiger partial charge in [-0.3, -0.25) is 0 Å². The molecule has 0 atom stereocenters. The molecule has 2 N–H and O–H groups in total. The molecular formula is C14H14FNO2. The number of benzene rings is 2. The molecule has 2 aromatic rings. The highest BCUT2D eigenvalue weighted by Gasteiger charge is 2.10. The Balaban J connectivity index is 2.33. The molecular weight excluding hydrogens is 233 g/mol. The molecule has 0 aliphatic rings. The first-order valence-electron chi connectivity index (χ1n) is 5.54. The maximum Gasteiger partial charge on any atom is 0.167 e. The Morgan fingerprint density at radius 2 is 1.83 bits per heavy atom. The topological polar surface area (TPSA) is 44.5 Å². The quantitative estimate of drug-likeness (QED) is 0.903. The van der Waals surface area contributed by atoms with Crippen LogP contribution in [0.5, 0.6) is 17.2 Å². The van der Waals surface area contributed by atoms with E-state index in [9.17, 15) is 4.39 Å². The molecule has 2 rings (SSSR count). The van der Waals surface area contributed by atoms with Crippen LogP contribution in [0.25, 0.3) is 0 Å². The second kappa shape index (κ2) is 5.51. The zero-order valence-electron chi connectivity index (χ0n) is 10.0. The molecule has 0 fully saturated rings. The Hall–Kier alpha value is -2.07. The van der Waals surface area contributed by atoms with Gasteiger partial charge in [-0.05, 0) is 18.2 Å². The van der Waals surface area contributed by atoms with Crippen LogP contribution in [-0.2, 0) is 6.54 Å². The fourth-order valence-electron chi connectivity index (χ4n) is 1.61. The summed E-state index contributed by atoms with van der Waals surface area (Å²) in [4.78, 5) is 0. The first-order chi connectivity index (χ1) is 8.74. The third-order valence-electron chi connectivity index (χ3n) is 2.53. The van der Waals surface area contributed by atoms with Crippen LogP contribution in [0.4, 0.5) is 4.39 Å². The van der Waals surface area contributed by atoms with Crippen molar-refractivity contribution in [2.75, 3.05) is 7.11 Å². The van der Waals surface area contributed by atoms with Gasteiger partial charge < -0.3 is 15.2 Å². The highest BCUT2D eigenvalue weighted by atomic mass is 19.1. The molecule has 0 radical (unpaired) electrons. The van der Waals surface area contributed by atoms with Gasteiger partial charge in [-0.1, -0.05) is 18.2 Å². The molecule has 3 nitrogen and oxygen atoms in total. The molecule has 4 heteroatoms. The SMILES string of the molecule is COc1cccc(Oc2c(F)cccc2CN)c1. The van der Waals surface area contributed by atoms with Crippen molar-refractivity contribution in [2.45, 2.75) is 6.54 Å². The largest absolute Gasteiger partial charge is 0.497 e. The summed E-state index contributed by atoms with van der Waals surface area (Å²) in [5.74, 6) is 0.890. The fraction of sp³-hybridized carbons (Fsp3) is 0.143. The van der Waals surface area contributed by atoms with E-state index < -0.39 is 5.82 Å². The predicted molar refractivity (Wildman–Crippen MR) is 67.4 cm³/mol. The van der Waals surface area contributed by atoms with E-state index >= 15 is 0 Å². The lowest BCUT2D eigenvalue weighted by Gasteiger charge is -2.11. The van der Waals surface area contributed by atoms with Gasteiger partial charge in [0.1, 0.15) is 11.5 Å². The lowest BCUT2D eigenvalue weighted by molar-refractivity contribution is 0.404. The van der Waals surface area contributed by atoms with E-state index in [0.29, 0.717) is 17.1 Å². The van der Waals surface area contributed by atoms with Crippen molar-refractivity contribution in [1.29, 1.82) is 0 Å². The third kappa shape index (κ3) is 2.60. The normalized spacial score (nSPS) is 10.2. The number of para-hydroxylation sites is 1. The summed E-state index contributed by atoms with van der Waals surface area (Å²) in [7, 11) is 1.56. The molecule has 0 aliphatic heterocycles. The van der Waals surface area contributed by atoms with Crippen LogP contribution in [0.3, 0.4) is 0 Å². The number of nitrogens with two attached hydrogens (primary N) is 1. The minimum Gasteiger partial charge on any atom is -0.497 e. The van der Waals surface area contributed by atoms with Gasteiger partial charge in [-0.25, -0.2) is 4.39 Å². The molecule has 94 valence electrons. The van der Waals surface area contributed by atoms with Crippen molar-refractivity contribution in [3.63, 3.8) is 0 Å². The zero-order chi connectivity index (χ0) is 13.0. The monoisotopic (exact) mass is 247 g/mol. The van der Waals surface area contributed by atoms with Gasteiger partial charge in [0.25, 0.3) is 0 Å². The van der Waals surface area contributed by atoms with Crippen molar-refractivity contribution in [3.8, 4) is 17.2 Å². The van der Waals surface area contributed by atoms with Gasteiger partial charge in [0, 0.05) is 18.2 Å². The predicted octanol–water partition coefficient (Wildman–Crippen LogP) is 3.09. The van der Waals surface area contributed by atoms with E-state index in [0.717, 1.165) is 0 Å². The average molecular weight is 247 g/mol. The van der Waals surface area contributed by atoms with Crippen LogP contribution < -0.4 is 15.2 Å². The molecule has 0 spiro atoms. The van der Waals surface area contributed by atoms with Crippen molar-refractivity contribution < 1.29 is 13.9 Å². The first-order valence-corrected chi connectivity index (χ1v) is 5.54. The van der Waals surface area contributed by atoms with Gasteiger partial charge in [-0.15, -0.1) is 0 Å². The summed E-state index contributed by atoms with van der Waals surface area (Å²) in [6.45, 7) is 0.219. The summed E-state index contributed by atoms with van der Waals surface area (Å²) >= 11 is 0. The van der Waals surface area contributed by atoms with Crippen LogP contribution in [0.1, 0.15) is 5.56 Å². The van der Waals surface area contributed by atoms with E-state index in [4.69, 9.17) is 15.2 Å². The summed E-state index contributed by atoms with van der Waals surface area (Å²) in [5, 5.41) is 0. The van der Waals surface area contributed by atoms with Crippen LogP contribution in [0.2, 0.25) is 0 Å². The molecule has 0 bridgehead atoms. The minimum absolute atomic E-state index is 0.160. The first kappa shape index (κ1) is 12.4. The molecule has 0 heterocycles. The fourth-order valence-corrected chi connectivity index (χ4v) is 1.61. The van der Waals surface area contributed by atoms with Crippen LogP contribution in [-0.4, -0.2) is 7.11 Å². The third-order valence-corrected chi connectivity index (χ3v) is 2.53. The van der Waals surface area contributed by atoms with E-state index in [-0.39, 0.29) is 12.3 Å². The standard InChI is InChI=1S/C14H14FNO2/c1-17-11-5-3-6-12(8-11)18-14-10(9-16)4-2-7-13(14)15/h2-8H,9,16H2,1H3. The second-order valence-corrected chi connectivity index (χ2v) is 3.71. The number of rotatable bonds is 4. The molecule has 0 unspecified atom stereocenters. The smallest absolute Gasteiger partial charge is 0.167 e. The number of halogens is 1. The maximum absolute atomic E-state index is 13.7. The van der Waals surface area contributed by atoms with Crippen LogP contribution >= 0.6 is 0 Å². The van der Waals surface area contributed by atoms with E-state index in [2.05, 4.69) is 0 Å². The summed E-state index contributed by atoms with van der Waals surface area (Å²) in [6, 6.07) is 11.7. The van der Waals surface area contributed by atoms with Gasteiger partial charge in [-0.2, -0.15) is 0 Å². The van der Waals surface area contributed by atoms with Crippen molar-refractivity contribution in [1.82, 2.24) is 0 Å². The maximum atomic E-state index is 13.7. The van der Waals surface area contributed by atoms with Gasteiger partial charge in [0.05, 0.1) is 7.11 Å². The molecule has 18 heavy (non-hydrogen) atoms. The molecule has 0 saturated heterocycles. The van der Waals surface area contributed by atoms with Gasteiger partial charge in [0.2, 0.25) is 0 Å². The molecule has 0 aliphatic carbocycles. The number of ether oxygens (including phenoxy) is 2. The second-order valence-electron chi connectivity index (χ2n) is 3.71. The van der Waals surface area contributed by atoms with Crippen LogP contribution in [0, 0.1) is 5.82 Å². The average Bonchev–Trinajstić information content (AvgIpc) is 2.41. The Morgan fingerprint density at radius 1 is 1.11 bits per heavy atom. The van der Waals surface area contributed by atoms with Crippen molar-refractivity contribution >= 4 is 0 Å². The molecule has 0 amide bonds. The van der Waals surface area contributed by atoms with Crippen molar-refractivity contribution in [2.24, 2.45) is 5.73 Å². The Labute approximate surface area is 105 Å². The van der Waals surface area contributed by atoms with E-state index in [1.54, 1.807) is 43.5 Å². The Morgan fingerprint density at radius 3 is 2.56 bits per heavy atom. The highest BCUT2D eigenvalue weighted by molar-refractivity contribution is 5.41. The number of hydrogen-bond acceptors (Lipinski definition) is 3. The summed E-state index contributed by atoms with van der Waals surface area (Å²) in [6.07, 6.45) is 0. The van der Waals surface area contributed by atoms with E-state index in [1.807, 2.05) is 0 Å².